The third-order valence-electron chi connectivity index (χ3n) is 2.42. The molecule has 0 radical (unpaired) electrons. The number of nitrogens with one attached hydrogen (secondary N) is 1. The van der Waals surface area contributed by atoms with Crippen LogP contribution in [-0.4, -0.2) is 23.2 Å². The molecule has 2 N–H and O–H groups in total. The fourth-order valence-electron chi connectivity index (χ4n) is 1.70. The van der Waals surface area contributed by atoms with E-state index in [1.165, 1.54) is 0 Å². The van der Waals surface area contributed by atoms with E-state index in [4.69, 9.17) is 5.11 Å². The van der Waals surface area contributed by atoms with Crippen LogP contribution in [0.4, 0.5) is 0 Å². The summed E-state index contributed by atoms with van der Waals surface area (Å²) < 4.78 is 0. The number of hydrogen-bond acceptors (Lipinski definition) is 2. The first kappa shape index (κ1) is 7.82. The molecule has 0 bridgehead atoms. The van der Waals surface area contributed by atoms with E-state index < -0.39 is 11.5 Å². The van der Waals surface area contributed by atoms with Crippen molar-refractivity contribution in [3.05, 3.63) is 0 Å². The van der Waals surface area contributed by atoms with Gasteiger partial charge in [-0.2, -0.15) is 0 Å². The van der Waals surface area contributed by atoms with Crippen LogP contribution >= 0.6 is 12.4 Å². The first-order valence-electron chi connectivity index (χ1n) is 3.24. The first-order chi connectivity index (χ1) is 4.26. The quantitative estimate of drug-likeness (QED) is 0.583. The van der Waals surface area contributed by atoms with Crippen molar-refractivity contribution in [2.75, 3.05) is 6.54 Å². The van der Waals surface area contributed by atoms with Crippen LogP contribution in [0.25, 0.3) is 0 Å². The molecule has 2 rings (SSSR count). The lowest BCUT2D eigenvalue weighted by molar-refractivity contribution is -0.140. The minimum Gasteiger partial charge on any atom is -0.480 e. The lowest BCUT2D eigenvalue weighted by atomic mass is 10.2. The highest BCUT2D eigenvalue weighted by atomic mass is 35.5. The molecule has 1 heterocycles. The number of rotatable bonds is 1. The molecule has 2 atom stereocenters. The summed E-state index contributed by atoms with van der Waals surface area (Å²) >= 11 is 0. The molecule has 0 aromatic rings. The Morgan fingerprint density at radius 1 is 1.70 bits per heavy atom. The third-order valence-corrected chi connectivity index (χ3v) is 2.42. The van der Waals surface area contributed by atoms with E-state index >= 15 is 0 Å². The maximum Gasteiger partial charge on any atom is 0.324 e. The Hall–Kier alpha value is -0.280. The molecule has 0 aromatic heterocycles. The molecule has 0 spiro atoms. The van der Waals surface area contributed by atoms with Crippen LogP contribution < -0.4 is 5.32 Å². The van der Waals surface area contributed by atoms with Gasteiger partial charge in [0.05, 0.1) is 0 Å². The van der Waals surface area contributed by atoms with Crippen LogP contribution in [0, 0.1) is 5.92 Å². The maximum absolute atomic E-state index is 10.5. The predicted molar refractivity (Wildman–Crippen MR) is 38.3 cm³/mol. The Morgan fingerprint density at radius 3 is 2.60 bits per heavy atom. The van der Waals surface area contributed by atoms with Crippen molar-refractivity contribution in [2.45, 2.75) is 18.4 Å². The van der Waals surface area contributed by atoms with E-state index in [1.54, 1.807) is 0 Å². The zero-order valence-corrected chi connectivity index (χ0v) is 6.28. The lowest BCUT2D eigenvalue weighted by Gasteiger charge is -2.04. The highest BCUT2D eigenvalue weighted by molar-refractivity contribution is 5.85. The topological polar surface area (TPSA) is 49.3 Å². The Morgan fingerprint density at radius 2 is 2.40 bits per heavy atom. The molecule has 1 aliphatic carbocycles. The number of carboxylic acids is 1. The van der Waals surface area contributed by atoms with Crippen molar-refractivity contribution >= 4 is 18.4 Å². The average Bonchev–Trinajstić information content (AvgIpc) is 2.38. The molecule has 1 saturated carbocycles. The van der Waals surface area contributed by atoms with Crippen LogP contribution in [0.2, 0.25) is 0 Å². The van der Waals surface area contributed by atoms with Crippen molar-refractivity contribution in [3.63, 3.8) is 0 Å². The molecule has 2 fully saturated rings. The number of carbonyl (C=O) groups is 1. The maximum atomic E-state index is 10.5. The SMILES string of the molecule is Cl.O=C(O)[C@]12C[C@H]1CCN2. The van der Waals surface area contributed by atoms with E-state index in [-0.39, 0.29) is 12.4 Å². The Balaban J connectivity index is 0.000000500. The van der Waals surface area contributed by atoms with Crippen molar-refractivity contribution in [2.24, 2.45) is 5.92 Å². The summed E-state index contributed by atoms with van der Waals surface area (Å²) in [5, 5.41) is 11.7. The van der Waals surface area contributed by atoms with Crippen LogP contribution in [0.5, 0.6) is 0 Å². The van der Waals surface area contributed by atoms with Gasteiger partial charge in [-0.05, 0) is 25.3 Å². The van der Waals surface area contributed by atoms with E-state index in [9.17, 15) is 4.79 Å². The fraction of sp³-hybridized carbons (Fsp3) is 0.833. The van der Waals surface area contributed by atoms with Gasteiger partial charge in [-0.1, -0.05) is 0 Å². The summed E-state index contributed by atoms with van der Waals surface area (Å²) in [6.45, 7) is 0.886. The smallest absolute Gasteiger partial charge is 0.324 e. The highest BCUT2D eigenvalue weighted by Gasteiger charge is 2.62. The molecule has 10 heavy (non-hydrogen) atoms. The Bertz CT molecular complexity index is 173. The first-order valence-corrected chi connectivity index (χ1v) is 3.24. The fourth-order valence-corrected chi connectivity index (χ4v) is 1.70. The van der Waals surface area contributed by atoms with Crippen molar-refractivity contribution in [3.8, 4) is 0 Å². The minimum atomic E-state index is -0.662. The van der Waals surface area contributed by atoms with Gasteiger partial charge >= 0.3 is 5.97 Å². The Kier molecular flexibility index (Phi) is 1.65. The van der Waals surface area contributed by atoms with Gasteiger partial charge in [0.25, 0.3) is 0 Å². The van der Waals surface area contributed by atoms with Gasteiger partial charge < -0.3 is 10.4 Å². The van der Waals surface area contributed by atoms with Gasteiger partial charge in [0.15, 0.2) is 0 Å². The minimum absolute atomic E-state index is 0. The second kappa shape index (κ2) is 2.10. The molecular formula is C6H10ClNO2. The number of carboxylic acid groups (broad SMARTS) is 1. The van der Waals surface area contributed by atoms with Gasteiger partial charge in [0.2, 0.25) is 0 Å². The molecule has 2 aliphatic rings. The Labute approximate surface area is 65.2 Å². The monoisotopic (exact) mass is 163 g/mol. The van der Waals surface area contributed by atoms with E-state index in [0.29, 0.717) is 5.92 Å². The predicted octanol–water partition coefficient (Wildman–Crippen LogP) is 0.245. The van der Waals surface area contributed by atoms with Crippen LogP contribution in [-0.2, 0) is 4.79 Å². The van der Waals surface area contributed by atoms with Crippen LogP contribution in [0.3, 0.4) is 0 Å². The second-order valence-corrected chi connectivity index (χ2v) is 2.89. The number of fused-ring (bicyclic) bond motifs is 1. The molecular weight excluding hydrogens is 154 g/mol. The van der Waals surface area contributed by atoms with Crippen molar-refractivity contribution in [1.82, 2.24) is 5.32 Å². The third kappa shape index (κ3) is 0.739. The van der Waals surface area contributed by atoms with Crippen LogP contribution in [0.1, 0.15) is 12.8 Å². The molecule has 3 nitrogen and oxygen atoms in total. The van der Waals surface area contributed by atoms with E-state index in [2.05, 4.69) is 5.32 Å². The normalized spacial score (nSPS) is 41.8. The molecule has 1 aliphatic heterocycles. The van der Waals surface area contributed by atoms with Crippen molar-refractivity contribution in [1.29, 1.82) is 0 Å². The summed E-state index contributed by atoms with van der Waals surface area (Å²) in [5.74, 6) is -0.222. The molecule has 0 aromatic carbocycles. The summed E-state index contributed by atoms with van der Waals surface area (Å²) in [4.78, 5) is 10.5. The number of halogens is 1. The van der Waals surface area contributed by atoms with Gasteiger partial charge in [0, 0.05) is 0 Å². The van der Waals surface area contributed by atoms with Gasteiger partial charge in [-0.3, -0.25) is 4.79 Å². The number of piperidine rings is 1. The van der Waals surface area contributed by atoms with Crippen molar-refractivity contribution < 1.29 is 9.90 Å². The molecule has 1 saturated heterocycles. The summed E-state index contributed by atoms with van der Waals surface area (Å²) in [6, 6.07) is 0. The van der Waals surface area contributed by atoms with Crippen LogP contribution in [0.15, 0.2) is 0 Å². The molecule has 58 valence electrons. The number of aliphatic carboxylic acids is 1. The molecule has 0 amide bonds. The zero-order chi connectivity index (χ0) is 6.48. The zero-order valence-electron chi connectivity index (χ0n) is 5.46. The summed E-state index contributed by atoms with van der Waals surface area (Å²) in [7, 11) is 0. The van der Waals surface area contributed by atoms with Gasteiger partial charge in [-0.15, -0.1) is 12.4 Å². The molecule has 4 heteroatoms. The number of hydrogen-bond donors (Lipinski definition) is 2. The summed E-state index contributed by atoms with van der Waals surface area (Å²) in [6.07, 6.45) is 1.90. The lowest BCUT2D eigenvalue weighted by Crippen LogP contribution is -2.36. The van der Waals surface area contributed by atoms with Gasteiger partial charge in [0.1, 0.15) is 5.54 Å². The highest BCUT2D eigenvalue weighted by Crippen LogP contribution is 2.49. The van der Waals surface area contributed by atoms with Gasteiger partial charge in [-0.25, -0.2) is 0 Å². The summed E-state index contributed by atoms with van der Waals surface area (Å²) in [5.41, 5.74) is -0.472. The standard InChI is InChI=1S/C6H9NO2.ClH/c8-5(9)6-3-4(6)1-2-7-6;/h4,7H,1-3H2,(H,8,9);1H/t4-,6+;/m1./s1. The second-order valence-electron chi connectivity index (χ2n) is 2.89. The largest absolute Gasteiger partial charge is 0.480 e. The molecule has 0 unspecified atom stereocenters. The van der Waals surface area contributed by atoms with E-state index in [0.717, 1.165) is 19.4 Å². The average molecular weight is 164 g/mol. The van der Waals surface area contributed by atoms with E-state index in [1.807, 2.05) is 0 Å².